The van der Waals surface area contributed by atoms with Crippen LogP contribution in [0.15, 0.2) is 48.5 Å². The molecule has 0 saturated heterocycles. The Morgan fingerprint density at radius 1 is 1.18 bits per heavy atom. The smallest absolute Gasteiger partial charge is 0.320 e. The van der Waals surface area contributed by atoms with Crippen molar-refractivity contribution in [3.05, 3.63) is 65.2 Å². The van der Waals surface area contributed by atoms with Crippen molar-refractivity contribution in [2.75, 3.05) is 0 Å². The number of aromatic hydroxyl groups is 1. The fraction of sp³-hybridized carbons (Fsp3) is 0.188. The molecule has 0 radical (unpaired) electrons. The number of alkyl halides is 2. The molecule has 0 heterocycles. The van der Waals surface area contributed by atoms with Gasteiger partial charge in [-0.3, -0.25) is 4.79 Å². The van der Waals surface area contributed by atoms with Crippen LogP contribution in [-0.4, -0.2) is 22.2 Å². The molecule has 1 atom stereocenters. The van der Waals surface area contributed by atoms with Crippen molar-refractivity contribution in [2.24, 2.45) is 5.73 Å². The SMILES string of the molecule is N[C@@H](Cc1ccc(O)cc1C(Cl)(Cl)c1ccccc1)C(=O)O. The fourth-order valence-corrected chi connectivity index (χ4v) is 2.77. The Hall–Kier alpha value is -1.75. The number of nitrogens with two attached hydrogens (primary N) is 1. The molecule has 2 rings (SSSR count). The summed E-state index contributed by atoms with van der Waals surface area (Å²) in [6.07, 6.45) is 0.0545. The molecule has 22 heavy (non-hydrogen) atoms. The van der Waals surface area contributed by atoms with Crippen LogP contribution >= 0.6 is 23.2 Å². The molecular formula is C16H15Cl2NO3. The van der Waals surface area contributed by atoms with E-state index in [4.69, 9.17) is 34.0 Å². The summed E-state index contributed by atoms with van der Waals surface area (Å²) >= 11 is 13.0. The zero-order chi connectivity index (χ0) is 16.3. The molecule has 0 bridgehead atoms. The van der Waals surface area contributed by atoms with E-state index in [0.29, 0.717) is 16.7 Å². The number of hydrogen-bond acceptors (Lipinski definition) is 3. The van der Waals surface area contributed by atoms with E-state index in [1.807, 2.05) is 6.07 Å². The van der Waals surface area contributed by atoms with Crippen LogP contribution < -0.4 is 5.73 Å². The maximum Gasteiger partial charge on any atom is 0.320 e. The second-order valence-electron chi connectivity index (χ2n) is 4.93. The molecule has 0 amide bonds. The minimum Gasteiger partial charge on any atom is -0.508 e. The molecule has 0 fully saturated rings. The minimum atomic E-state index is -1.42. The van der Waals surface area contributed by atoms with Crippen molar-refractivity contribution in [3.63, 3.8) is 0 Å². The lowest BCUT2D eigenvalue weighted by Gasteiger charge is -2.24. The van der Waals surface area contributed by atoms with Gasteiger partial charge in [0.2, 0.25) is 0 Å². The van der Waals surface area contributed by atoms with Crippen LogP contribution in [0.3, 0.4) is 0 Å². The molecule has 6 heteroatoms. The second-order valence-corrected chi connectivity index (χ2v) is 6.26. The number of carboxylic acids is 1. The number of aliphatic carboxylic acids is 1. The highest BCUT2D eigenvalue weighted by Gasteiger charge is 2.32. The van der Waals surface area contributed by atoms with E-state index < -0.39 is 16.3 Å². The van der Waals surface area contributed by atoms with Crippen LogP contribution in [-0.2, 0) is 15.5 Å². The molecule has 0 unspecified atom stereocenters. The van der Waals surface area contributed by atoms with Gasteiger partial charge in [0, 0.05) is 0 Å². The first kappa shape index (κ1) is 16.6. The molecular weight excluding hydrogens is 325 g/mol. The minimum absolute atomic E-state index is 0.00995. The van der Waals surface area contributed by atoms with Gasteiger partial charge in [0.15, 0.2) is 4.33 Å². The van der Waals surface area contributed by atoms with E-state index in [-0.39, 0.29) is 12.2 Å². The van der Waals surface area contributed by atoms with Gasteiger partial charge in [-0.2, -0.15) is 0 Å². The zero-order valence-corrected chi connectivity index (χ0v) is 13.1. The lowest BCUT2D eigenvalue weighted by atomic mass is 9.94. The van der Waals surface area contributed by atoms with E-state index in [0.717, 1.165) is 0 Å². The predicted molar refractivity (Wildman–Crippen MR) is 86.4 cm³/mol. The zero-order valence-electron chi connectivity index (χ0n) is 11.5. The molecule has 0 saturated carbocycles. The average molecular weight is 340 g/mol. The topological polar surface area (TPSA) is 83.5 Å². The Morgan fingerprint density at radius 2 is 1.82 bits per heavy atom. The molecule has 0 aromatic heterocycles. The Kier molecular flexibility index (Phi) is 4.96. The van der Waals surface area contributed by atoms with Crippen molar-refractivity contribution in [2.45, 2.75) is 16.8 Å². The van der Waals surface area contributed by atoms with Gasteiger partial charge in [-0.15, -0.1) is 0 Å². The molecule has 0 aliphatic heterocycles. The third-order valence-corrected chi connectivity index (χ3v) is 4.17. The van der Waals surface area contributed by atoms with E-state index in [9.17, 15) is 9.90 Å². The third kappa shape index (κ3) is 3.53. The second kappa shape index (κ2) is 6.57. The number of benzene rings is 2. The summed E-state index contributed by atoms with van der Waals surface area (Å²) in [5, 5.41) is 18.7. The lowest BCUT2D eigenvalue weighted by molar-refractivity contribution is -0.138. The van der Waals surface area contributed by atoms with Gasteiger partial charge in [0.25, 0.3) is 0 Å². The van der Waals surface area contributed by atoms with Crippen molar-refractivity contribution in [1.29, 1.82) is 0 Å². The number of phenols is 1. The van der Waals surface area contributed by atoms with Crippen LogP contribution in [0.25, 0.3) is 0 Å². The highest BCUT2D eigenvalue weighted by Crippen LogP contribution is 2.43. The van der Waals surface area contributed by atoms with Gasteiger partial charge in [-0.25, -0.2) is 0 Å². The summed E-state index contributed by atoms with van der Waals surface area (Å²) in [5.74, 6) is -1.13. The summed E-state index contributed by atoms with van der Waals surface area (Å²) in [6.45, 7) is 0. The first-order chi connectivity index (χ1) is 10.3. The summed E-state index contributed by atoms with van der Waals surface area (Å²) in [6, 6.07) is 12.3. The van der Waals surface area contributed by atoms with Crippen LogP contribution in [0.5, 0.6) is 5.75 Å². The van der Waals surface area contributed by atoms with Crippen molar-refractivity contribution < 1.29 is 15.0 Å². The van der Waals surface area contributed by atoms with Gasteiger partial charge in [0.05, 0.1) is 0 Å². The number of hydrogen-bond donors (Lipinski definition) is 3. The Labute approximate surface area is 138 Å². The molecule has 116 valence electrons. The highest BCUT2D eigenvalue weighted by atomic mass is 35.5. The van der Waals surface area contributed by atoms with Crippen LogP contribution in [0.4, 0.5) is 0 Å². The summed E-state index contributed by atoms with van der Waals surface area (Å²) < 4.78 is -1.42. The molecule has 0 aliphatic rings. The lowest BCUT2D eigenvalue weighted by Crippen LogP contribution is -2.33. The van der Waals surface area contributed by atoms with Gasteiger partial charge >= 0.3 is 5.97 Å². The molecule has 4 N–H and O–H groups in total. The Bertz CT molecular complexity index is 674. The predicted octanol–water partition coefficient (Wildman–Crippen LogP) is 3.03. The number of phenolic OH excluding ortho intramolecular Hbond substituents is 1. The molecule has 2 aromatic carbocycles. The molecule has 2 aromatic rings. The molecule has 4 nitrogen and oxygen atoms in total. The van der Waals surface area contributed by atoms with E-state index >= 15 is 0 Å². The van der Waals surface area contributed by atoms with Crippen molar-refractivity contribution in [3.8, 4) is 5.75 Å². The fourth-order valence-electron chi connectivity index (χ4n) is 2.16. The largest absolute Gasteiger partial charge is 0.508 e. The van der Waals surface area contributed by atoms with Crippen molar-refractivity contribution >= 4 is 29.2 Å². The Balaban J connectivity index is 2.49. The first-order valence-electron chi connectivity index (χ1n) is 6.56. The van der Waals surface area contributed by atoms with Crippen LogP contribution in [0, 0.1) is 0 Å². The van der Waals surface area contributed by atoms with E-state index in [2.05, 4.69) is 0 Å². The number of carbonyl (C=O) groups is 1. The van der Waals surface area contributed by atoms with Gasteiger partial charge < -0.3 is 15.9 Å². The third-order valence-electron chi connectivity index (χ3n) is 3.33. The maximum absolute atomic E-state index is 11.0. The molecule has 0 aliphatic carbocycles. The van der Waals surface area contributed by atoms with Gasteiger partial charge in [-0.1, -0.05) is 59.6 Å². The summed E-state index contributed by atoms with van der Waals surface area (Å²) in [4.78, 5) is 11.0. The maximum atomic E-state index is 11.0. The number of carboxylic acid groups (broad SMARTS) is 1. The summed E-state index contributed by atoms with van der Waals surface area (Å²) in [7, 11) is 0. The molecule has 0 spiro atoms. The standard InChI is InChI=1S/C16H15Cl2NO3/c17-16(18,11-4-2-1-3-5-11)13-9-12(20)7-6-10(13)8-14(19)15(21)22/h1-7,9,14,20H,8,19H2,(H,21,22)/t14-/m0/s1. The van der Waals surface area contributed by atoms with E-state index in [1.165, 1.54) is 12.1 Å². The summed E-state index contributed by atoms with van der Waals surface area (Å²) in [5.41, 5.74) is 7.20. The van der Waals surface area contributed by atoms with Crippen LogP contribution in [0.1, 0.15) is 16.7 Å². The average Bonchev–Trinajstić information content (AvgIpc) is 2.49. The first-order valence-corrected chi connectivity index (χ1v) is 7.32. The number of halogens is 2. The van der Waals surface area contributed by atoms with Gasteiger partial charge in [-0.05, 0) is 35.2 Å². The van der Waals surface area contributed by atoms with Gasteiger partial charge in [0.1, 0.15) is 11.8 Å². The van der Waals surface area contributed by atoms with Crippen LogP contribution in [0.2, 0.25) is 0 Å². The monoisotopic (exact) mass is 339 g/mol. The highest BCUT2D eigenvalue weighted by molar-refractivity contribution is 6.50. The van der Waals surface area contributed by atoms with Crippen molar-refractivity contribution in [1.82, 2.24) is 0 Å². The Morgan fingerprint density at radius 3 is 2.41 bits per heavy atom. The van der Waals surface area contributed by atoms with E-state index in [1.54, 1.807) is 30.3 Å². The number of rotatable bonds is 5. The quantitative estimate of drug-likeness (QED) is 0.731. The normalized spacial score (nSPS) is 12.9.